The molecule has 0 unspecified atom stereocenters. The van der Waals surface area contributed by atoms with Crippen LogP contribution in [0, 0.1) is 3.57 Å². The second-order valence-electron chi connectivity index (χ2n) is 3.79. The van der Waals surface area contributed by atoms with Gasteiger partial charge in [-0.3, -0.25) is 4.72 Å². The van der Waals surface area contributed by atoms with Gasteiger partial charge in [0, 0.05) is 14.3 Å². The maximum Gasteiger partial charge on any atom is 0.263 e. The third-order valence-electron chi connectivity index (χ3n) is 2.36. The number of hydrogen-bond donors (Lipinski definition) is 2. The number of rotatable bonds is 3. The molecule has 0 bridgehead atoms. The van der Waals surface area contributed by atoms with Crippen LogP contribution in [0.25, 0.3) is 0 Å². The van der Waals surface area contributed by atoms with E-state index >= 15 is 0 Å². The highest BCUT2D eigenvalue weighted by atomic mass is 127. The molecule has 3 N–H and O–H groups in total. The average molecular weight is 409 g/mol. The van der Waals surface area contributed by atoms with Gasteiger partial charge in [0.05, 0.1) is 5.69 Å². The molecule has 0 aromatic heterocycles. The van der Waals surface area contributed by atoms with Crippen LogP contribution in [0.5, 0.6) is 0 Å². The summed E-state index contributed by atoms with van der Waals surface area (Å²) in [5.74, 6) is 0. The van der Waals surface area contributed by atoms with Crippen molar-refractivity contribution in [3.63, 3.8) is 0 Å². The van der Waals surface area contributed by atoms with E-state index in [0.717, 1.165) is 3.57 Å². The number of nitrogens with one attached hydrogen (secondary N) is 1. The van der Waals surface area contributed by atoms with Gasteiger partial charge in [0.2, 0.25) is 0 Å². The van der Waals surface area contributed by atoms with Crippen molar-refractivity contribution in [1.29, 1.82) is 0 Å². The summed E-state index contributed by atoms with van der Waals surface area (Å²) in [7, 11) is -3.71. The highest BCUT2D eigenvalue weighted by Crippen LogP contribution is 2.24. The zero-order valence-electron chi connectivity index (χ0n) is 9.60. The fourth-order valence-electron chi connectivity index (χ4n) is 1.49. The van der Waals surface area contributed by atoms with Crippen molar-refractivity contribution in [2.24, 2.45) is 0 Å². The topological polar surface area (TPSA) is 72.2 Å². The van der Waals surface area contributed by atoms with E-state index in [1.807, 2.05) is 12.1 Å². The molecule has 0 aliphatic rings. The molecule has 19 heavy (non-hydrogen) atoms. The lowest BCUT2D eigenvalue weighted by atomic mass is 10.3. The molecular formula is C12H10ClIN2O2S. The van der Waals surface area contributed by atoms with Crippen LogP contribution in [0.15, 0.2) is 47.4 Å². The molecule has 100 valence electrons. The van der Waals surface area contributed by atoms with Crippen LogP contribution in [0.2, 0.25) is 5.02 Å². The second-order valence-corrected chi connectivity index (χ2v) is 7.13. The summed E-state index contributed by atoms with van der Waals surface area (Å²) in [6.45, 7) is 0. The van der Waals surface area contributed by atoms with E-state index in [1.165, 1.54) is 18.2 Å². The summed E-state index contributed by atoms with van der Waals surface area (Å²) in [6, 6.07) is 11.3. The fourth-order valence-corrected chi connectivity index (χ4v) is 3.20. The number of anilines is 2. The summed E-state index contributed by atoms with van der Waals surface area (Å²) in [5, 5.41) is 0.394. The lowest BCUT2D eigenvalue weighted by Gasteiger charge is -2.10. The first-order valence-electron chi connectivity index (χ1n) is 5.22. The van der Waals surface area contributed by atoms with Gasteiger partial charge in [0.15, 0.2) is 0 Å². The first-order chi connectivity index (χ1) is 8.88. The quantitative estimate of drug-likeness (QED) is 0.604. The molecule has 4 nitrogen and oxygen atoms in total. The molecule has 2 rings (SSSR count). The van der Waals surface area contributed by atoms with Gasteiger partial charge in [-0.05, 0) is 65.1 Å². The summed E-state index contributed by atoms with van der Waals surface area (Å²) >= 11 is 7.89. The van der Waals surface area contributed by atoms with Gasteiger partial charge in [-0.25, -0.2) is 8.42 Å². The zero-order valence-corrected chi connectivity index (χ0v) is 13.3. The van der Waals surface area contributed by atoms with E-state index < -0.39 is 10.0 Å². The van der Waals surface area contributed by atoms with E-state index in [1.54, 1.807) is 12.1 Å². The number of sulfonamides is 1. The van der Waals surface area contributed by atoms with Gasteiger partial charge in [-0.15, -0.1) is 0 Å². The number of benzene rings is 2. The summed E-state index contributed by atoms with van der Waals surface area (Å²) < 4.78 is 27.9. The molecule has 0 aliphatic heterocycles. The number of halogens is 2. The third-order valence-corrected chi connectivity index (χ3v) is 4.77. The Morgan fingerprint density at radius 2 is 1.74 bits per heavy atom. The first-order valence-corrected chi connectivity index (χ1v) is 8.16. The molecule has 0 radical (unpaired) electrons. The number of hydrogen-bond acceptors (Lipinski definition) is 3. The smallest absolute Gasteiger partial charge is 0.263 e. The first kappa shape index (κ1) is 14.4. The highest BCUT2D eigenvalue weighted by molar-refractivity contribution is 14.1. The maximum absolute atomic E-state index is 12.2. The highest BCUT2D eigenvalue weighted by Gasteiger charge is 2.17. The molecule has 0 amide bonds. The van der Waals surface area contributed by atoms with Crippen LogP contribution in [-0.4, -0.2) is 8.42 Å². The molecule has 2 aromatic carbocycles. The Bertz CT molecular complexity index is 702. The third kappa shape index (κ3) is 3.52. The Balaban J connectivity index is 2.35. The average Bonchev–Trinajstić information content (AvgIpc) is 2.31. The largest absolute Gasteiger partial charge is 0.398 e. The molecule has 0 fully saturated rings. The van der Waals surface area contributed by atoms with Crippen molar-refractivity contribution < 1.29 is 8.42 Å². The van der Waals surface area contributed by atoms with E-state index in [4.69, 9.17) is 17.3 Å². The van der Waals surface area contributed by atoms with Gasteiger partial charge >= 0.3 is 0 Å². The van der Waals surface area contributed by atoms with E-state index in [-0.39, 0.29) is 10.6 Å². The molecule has 0 saturated carbocycles. The number of nitrogen functional groups attached to an aromatic ring is 1. The normalized spacial score (nSPS) is 11.3. The predicted octanol–water partition coefficient (Wildman–Crippen LogP) is 3.33. The van der Waals surface area contributed by atoms with E-state index in [9.17, 15) is 8.42 Å². The van der Waals surface area contributed by atoms with Crippen LogP contribution in [0.4, 0.5) is 11.4 Å². The molecule has 2 aromatic rings. The second kappa shape index (κ2) is 5.56. The molecular weight excluding hydrogens is 399 g/mol. The number of nitrogens with two attached hydrogens (primary N) is 1. The molecule has 0 heterocycles. The Morgan fingerprint density at radius 3 is 2.32 bits per heavy atom. The fraction of sp³-hybridized carbons (Fsp3) is 0. The zero-order chi connectivity index (χ0) is 14.0. The minimum atomic E-state index is -3.71. The van der Waals surface area contributed by atoms with Crippen LogP contribution in [0.3, 0.4) is 0 Å². The van der Waals surface area contributed by atoms with Crippen LogP contribution >= 0.6 is 34.2 Å². The van der Waals surface area contributed by atoms with Gasteiger partial charge < -0.3 is 5.73 Å². The maximum atomic E-state index is 12.2. The minimum absolute atomic E-state index is 0.00968. The molecule has 0 atom stereocenters. The van der Waals surface area contributed by atoms with Crippen molar-refractivity contribution in [2.45, 2.75) is 4.90 Å². The Kier molecular flexibility index (Phi) is 4.22. The van der Waals surface area contributed by atoms with Crippen molar-refractivity contribution in [1.82, 2.24) is 0 Å². The van der Waals surface area contributed by atoms with Crippen molar-refractivity contribution in [3.05, 3.63) is 51.1 Å². The van der Waals surface area contributed by atoms with Crippen molar-refractivity contribution in [3.8, 4) is 0 Å². The van der Waals surface area contributed by atoms with Gasteiger partial charge in [0.1, 0.15) is 4.90 Å². The van der Waals surface area contributed by atoms with Gasteiger partial charge in [-0.2, -0.15) is 0 Å². The SMILES string of the molecule is Nc1cc(Cl)ccc1S(=O)(=O)Nc1ccc(I)cc1. The molecule has 7 heteroatoms. The Morgan fingerprint density at radius 1 is 1.11 bits per heavy atom. The Labute approximate surface area is 130 Å². The molecule has 0 spiro atoms. The van der Waals surface area contributed by atoms with E-state index in [0.29, 0.717) is 10.7 Å². The van der Waals surface area contributed by atoms with Gasteiger partial charge in [-0.1, -0.05) is 11.6 Å². The van der Waals surface area contributed by atoms with Crippen LogP contribution in [-0.2, 0) is 10.0 Å². The minimum Gasteiger partial charge on any atom is -0.398 e. The summed E-state index contributed by atoms with van der Waals surface area (Å²) in [4.78, 5) is 0.00968. The van der Waals surface area contributed by atoms with E-state index in [2.05, 4.69) is 27.3 Å². The van der Waals surface area contributed by atoms with Crippen molar-refractivity contribution in [2.75, 3.05) is 10.5 Å². The van der Waals surface area contributed by atoms with Crippen molar-refractivity contribution >= 4 is 55.6 Å². The van der Waals surface area contributed by atoms with Gasteiger partial charge in [0.25, 0.3) is 10.0 Å². The lowest BCUT2D eigenvalue weighted by Crippen LogP contribution is -2.14. The molecule has 0 aliphatic carbocycles. The predicted molar refractivity (Wildman–Crippen MR) is 85.8 cm³/mol. The summed E-state index contributed by atoms with van der Waals surface area (Å²) in [6.07, 6.45) is 0. The van der Waals surface area contributed by atoms with Crippen LogP contribution < -0.4 is 10.5 Å². The monoisotopic (exact) mass is 408 g/mol. The Hall–Kier alpha value is -0.990. The standard InChI is InChI=1S/C12H10ClIN2O2S/c13-8-1-6-12(11(15)7-8)19(17,18)16-10-4-2-9(14)3-5-10/h1-7,16H,15H2. The molecule has 0 saturated heterocycles. The summed E-state index contributed by atoms with van der Waals surface area (Å²) in [5.41, 5.74) is 6.28. The lowest BCUT2D eigenvalue weighted by molar-refractivity contribution is 0.601. The van der Waals surface area contributed by atoms with Crippen LogP contribution in [0.1, 0.15) is 0 Å².